The Morgan fingerprint density at radius 1 is 0.636 bits per heavy atom. The molecule has 4 rings (SSSR count). The van der Waals surface area contributed by atoms with Gasteiger partial charge in [0.15, 0.2) is 11.6 Å². The van der Waals surface area contributed by atoms with Gasteiger partial charge in [-0.2, -0.15) is 0 Å². The molecule has 0 heterocycles. The van der Waals surface area contributed by atoms with E-state index in [2.05, 4.69) is 5.32 Å². The standard InChI is InChI=1S/C35H32N2O7/c1-20(2)17-23-5-6-24(18-29(23)35(42)44-4)32(39)25-11-16-28(34(41)43-3)30(19-25)33(40)37-27-14-9-22(10-15-27)31(38)21-7-12-26(36)13-8-21/h5-16,18-20H,17,36H2,1-4H3,(H,37,40). The number of benzene rings is 4. The molecule has 0 saturated carbocycles. The van der Waals surface area contributed by atoms with Crippen molar-refractivity contribution in [3.8, 4) is 0 Å². The van der Waals surface area contributed by atoms with Crippen LogP contribution in [0.25, 0.3) is 0 Å². The number of nitrogen functional groups attached to an aromatic ring is 1. The number of rotatable bonds is 10. The van der Waals surface area contributed by atoms with E-state index < -0.39 is 23.6 Å². The molecule has 0 bridgehead atoms. The molecule has 9 heteroatoms. The van der Waals surface area contributed by atoms with Gasteiger partial charge < -0.3 is 20.5 Å². The molecule has 0 aliphatic rings. The lowest BCUT2D eigenvalue weighted by Crippen LogP contribution is -2.18. The molecule has 4 aromatic rings. The number of ketones is 2. The normalized spacial score (nSPS) is 10.7. The van der Waals surface area contributed by atoms with Crippen molar-refractivity contribution in [2.45, 2.75) is 20.3 Å². The number of anilines is 2. The van der Waals surface area contributed by atoms with Gasteiger partial charge in [-0.25, -0.2) is 9.59 Å². The quantitative estimate of drug-likeness (QED) is 0.135. The fraction of sp³-hybridized carbons (Fsp3) is 0.171. The van der Waals surface area contributed by atoms with E-state index in [0.717, 1.165) is 5.56 Å². The van der Waals surface area contributed by atoms with Crippen molar-refractivity contribution in [2.75, 3.05) is 25.3 Å². The van der Waals surface area contributed by atoms with Crippen LogP contribution >= 0.6 is 0 Å². The third kappa shape index (κ3) is 7.07. The summed E-state index contributed by atoms with van der Waals surface area (Å²) in [7, 11) is 2.46. The van der Waals surface area contributed by atoms with Gasteiger partial charge in [0.1, 0.15) is 0 Å². The Morgan fingerprint density at radius 3 is 1.68 bits per heavy atom. The fourth-order valence-corrected chi connectivity index (χ4v) is 4.67. The molecule has 0 radical (unpaired) electrons. The van der Waals surface area contributed by atoms with Crippen molar-refractivity contribution in [1.82, 2.24) is 0 Å². The van der Waals surface area contributed by atoms with E-state index in [9.17, 15) is 24.0 Å². The molecular weight excluding hydrogens is 560 g/mol. The predicted molar refractivity (Wildman–Crippen MR) is 166 cm³/mol. The molecule has 0 fully saturated rings. The first kappa shape index (κ1) is 31.4. The number of hydrogen-bond donors (Lipinski definition) is 2. The highest BCUT2D eigenvalue weighted by Gasteiger charge is 2.23. The molecular formula is C35H32N2O7. The van der Waals surface area contributed by atoms with Gasteiger partial charge in [-0.1, -0.05) is 32.0 Å². The first-order valence-electron chi connectivity index (χ1n) is 13.8. The lowest BCUT2D eigenvalue weighted by atomic mass is 9.92. The number of methoxy groups -OCH3 is 2. The lowest BCUT2D eigenvalue weighted by Gasteiger charge is -2.13. The highest BCUT2D eigenvalue weighted by Crippen LogP contribution is 2.23. The Bertz CT molecular complexity index is 1740. The second-order valence-corrected chi connectivity index (χ2v) is 10.5. The van der Waals surface area contributed by atoms with Crippen LogP contribution in [-0.2, 0) is 15.9 Å². The molecule has 44 heavy (non-hydrogen) atoms. The molecule has 4 aromatic carbocycles. The largest absolute Gasteiger partial charge is 0.465 e. The zero-order chi connectivity index (χ0) is 32.0. The molecule has 3 N–H and O–H groups in total. The minimum atomic E-state index is -0.760. The van der Waals surface area contributed by atoms with Crippen LogP contribution < -0.4 is 11.1 Å². The topological polar surface area (TPSA) is 142 Å². The van der Waals surface area contributed by atoms with Crippen LogP contribution in [0.4, 0.5) is 11.4 Å². The molecule has 0 aromatic heterocycles. The summed E-state index contributed by atoms with van der Waals surface area (Å²) in [6.45, 7) is 4.04. The Balaban J connectivity index is 1.62. The van der Waals surface area contributed by atoms with Crippen LogP contribution in [0.2, 0.25) is 0 Å². The van der Waals surface area contributed by atoms with Crippen LogP contribution in [0.1, 0.15) is 82.3 Å². The van der Waals surface area contributed by atoms with Gasteiger partial charge in [0.25, 0.3) is 5.91 Å². The van der Waals surface area contributed by atoms with Gasteiger partial charge in [0.2, 0.25) is 0 Å². The van der Waals surface area contributed by atoms with Crippen molar-refractivity contribution in [3.63, 3.8) is 0 Å². The highest BCUT2D eigenvalue weighted by molar-refractivity contribution is 6.15. The van der Waals surface area contributed by atoms with Crippen molar-refractivity contribution in [3.05, 3.63) is 129 Å². The van der Waals surface area contributed by atoms with Gasteiger partial charge in [-0.3, -0.25) is 14.4 Å². The third-order valence-corrected chi connectivity index (χ3v) is 6.92. The van der Waals surface area contributed by atoms with E-state index in [0.29, 0.717) is 28.9 Å². The number of carbonyl (C=O) groups is 5. The average Bonchev–Trinajstić information content (AvgIpc) is 3.03. The summed E-state index contributed by atoms with van der Waals surface area (Å²) in [6.07, 6.45) is 0.619. The van der Waals surface area contributed by atoms with E-state index >= 15 is 0 Å². The maximum Gasteiger partial charge on any atom is 0.338 e. The molecule has 9 nitrogen and oxygen atoms in total. The summed E-state index contributed by atoms with van der Waals surface area (Å²) in [6, 6.07) is 21.7. The molecule has 0 saturated heterocycles. The van der Waals surface area contributed by atoms with Crippen LogP contribution in [0, 0.1) is 5.92 Å². The zero-order valence-electron chi connectivity index (χ0n) is 24.8. The number of nitrogens with one attached hydrogen (secondary N) is 1. The summed E-state index contributed by atoms with van der Waals surface area (Å²) < 4.78 is 9.78. The molecule has 0 unspecified atom stereocenters. The third-order valence-electron chi connectivity index (χ3n) is 6.92. The summed E-state index contributed by atoms with van der Waals surface area (Å²) >= 11 is 0. The number of esters is 2. The Labute approximate surface area is 255 Å². The molecule has 0 aliphatic carbocycles. The SMILES string of the molecule is COC(=O)c1cc(C(=O)c2ccc(C(=O)OC)c(C(=O)Nc3ccc(C(=O)c4ccc(N)cc4)cc3)c2)ccc1CC(C)C. The molecule has 0 atom stereocenters. The van der Waals surface area contributed by atoms with E-state index in [4.69, 9.17) is 15.2 Å². The number of hydrogen-bond acceptors (Lipinski definition) is 8. The minimum Gasteiger partial charge on any atom is -0.465 e. The first-order valence-corrected chi connectivity index (χ1v) is 13.8. The second kappa shape index (κ2) is 13.6. The van der Waals surface area contributed by atoms with Gasteiger partial charge in [-0.15, -0.1) is 0 Å². The number of carbonyl (C=O) groups excluding carboxylic acids is 5. The van der Waals surface area contributed by atoms with Crippen molar-refractivity contribution in [2.24, 2.45) is 5.92 Å². The maximum absolute atomic E-state index is 13.5. The fourth-order valence-electron chi connectivity index (χ4n) is 4.67. The average molecular weight is 593 g/mol. The van der Waals surface area contributed by atoms with E-state index in [1.165, 1.54) is 38.5 Å². The Kier molecular flexibility index (Phi) is 9.70. The molecule has 224 valence electrons. The van der Waals surface area contributed by atoms with Crippen LogP contribution in [-0.4, -0.2) is 43.6 Å². The van der Waals surface area contributed by atoms with Crippen LogP contribution in [0.5, 0.6) is 0 Å². The number of ether oxygens (including phenoxy) is 2. The Morgan fingerprint density at radius 2 is 1.11 bits per heavy atom. The summed E-state index contributed by atoms with van der Waals surface area (Å²) in [5, 5.41) is 2.71. The van der Waals surface area contributed by atoms with E-state index in [-0.39, 0.29) is 39.5 Å². The van der Waals surface area contributed by atoms with Gasteiger partial charge in [0, 0.05) is 33.6 Å². The molecule has 0 aliphatic heterocycles. The van der Waals surface area contributed by atoms with Crippen molar-refractivity contribution in [1.29, 1.82) is 0 Å². The number of nitrogens with two attached hydrogens (primary N) is 1. The van der Waals surface area contributed by atoms with E-state index in [1.807, 2.05) is 13.8 Å². The monoisotopic (exact) mass is 592 g/mol. The van der Waals surface area contributed by atoms with Crippen molar-refractivity contribution >= 4 is 40.8 Å². The van der Waals surface area contributed by atoms with Gasteiger partial charge in [-0.05, 0) is 84.6 Å². The molecule has 0 spiro atoms. The lowest BCUT2D eigenvalue weighted by molar-refractivity contribution is 0.0589. The maximum atomic E-state index is 13.5. The number of amides is 1. The zero-order valence-corrected chi connectivity index (χ0v) is 24.8. The van der Waals surface area contributed by atoms with Gasteiger partial charge >= 0.3 is 11.9 Å². The summed E-state index contributed by atoms with van der Waals surface area (Å²) in [5.41, 5.74) is 8.73. The van der Waals surface area contributed by atoms with Crippen LogP contribution in [0.3, 0.4) is 0 Å². The highest BCUT2D eigenvalue weighted by atomic mass is 16.5. The Hall–Kier alpha value is -5.57. The smallest absolute Gasteiger partial charge is 0.338 e. The molecule has 1 amide bonds. The predicted octanol–water partition coefficient (Wildman–Crippen LogP) is 5.75. The van der Waals surface area contributed by atoms with Crippen LogP contribution in [0.15, 0.2) is 84.9 Å². The first-order chi connectivity index (χ1) is 21.0. The van der Waals surface area contributed by atoms with Gasteiger partial charge in [0.05, 0.1) is 30.9 Å². The summed E-state index contributed by atoms with van der Waals surface area (Å²) in [5.74, 6) is -2.38. The van der Waals surface area contributed by atoms with Crippen molar-refractivity contribution < 1.29 is 33.4 Å². The summed E-state index contributed by atoms with van der Waals surface area (Å²) in [4.78, 5) is 64.7. The minimum absolute atomic E-state index is 0.0424. The van der Waals surface area contributed by atoms with E-state index in [1.54, 1.807) is 60.7 Å². The second-order valence-electron chi connectivity index (χ2n) is 10.5.